The van der Waals surface area contributed by atoms with Crippen molar-refractivity contribution in [3.05, 3.63) is 70.1 Å². The number of hydrogen-bond donors (Lipinski definition) is 0. The van der Waals surface area contributed by atoms with Crippen molar-refractivity contribution in [3.63, 3.8) is 0 Å². The van der Waals surface area contributed by atoms with E-state index in [4.69, 9.17) is 18.6 Å². The van der Waals surface area contributed by atoms with E-state index in [-0.39, 0.29) is 30.1 Å². The summed E-state index contributed by atoms with van der Waals surface area (Å²) >= 11 is 0. The molecule has 0 radical (unpaired) electrons. The summed E-state index contributed by atoms with van der Waals surface area (Å²) in [6, 6.07) is 13.1. The molecule has 0 saturated carbocycles. The van der Waals surface area contributed by atoms with Crippen LogP contribution < -0.4 is 15.1 Å². The summed E-state index contributed by atoms with van der Waals surface area (Å²) in [5, 5.41) is 0.498. The maximum atomic E-state index is 12.0. The lowest BCUT2D eigenvalue weighted by Crippen LogP contribution is -2.18. The number of carbonyl (C=O) groups excluding carboxylic acids is 2. The van der Waals surface area contributed by atoms with Crippen molar-refractivity contribution >= 4 is 22.9 Å². The Bertz CT molecular complexity index is 1060. The largest absolute Gasteiger partial charge is 0.482 e. The Balaban J connectivity index is 1.70. The lowest BCUT2D eigenvalue weighted by Gasteiger charge is -2.08. The standard InChI is InChI=1S/C21H18O7/c1-3-25-20(23)17-10-14-6-9-16(11-18(14)28-21(17)24)27-19(22)12-26-15-7-4-13(2)5-8-15/h4-11H,3,12H2,1-2H3. The van der Waals surface area contributed by atoms with Crippen LogP contribution in [0.3, 0.4) is 0 Å². The molecule has 1 aromatic heterocycles. The highest BCUT2D eigenvalue weighted by Gasteiger charge is 2.15. The minimum atomic E-state index is -0.822. The molecule has 0 unspecified atom stereocenters. The third-order valence-corrected chi connectivity index (χ3v) is 3.81. The summed E-state index contributed by atoms with van der Waals surface area (Å²) in [7, 11) is 0. The molecule has 0 N–H and O–H groups in total. The fourth-order valence-electron chi connectivity index (χ4n) is 2.44. The first kappa shape index (κ1) is 19.2. The van der Waals surface area contributed by atoms with Gasteiger partial charge in [0.1, 0.15) is 22.6 Å². The summed E-state index contributed by atoms with van der Waals surface area (Å²) in [6.45, 7) is 3.47. The lowest BCUT2D eigenvalue weighted by molar-refractivity contribution is -0.136. The molecule has 3 rings (SSSR count). The van der Waals surface area contributed by atoms with Gasteiger partial charge in [-0.3, -0.25) is 0 Å². The minimum absolute atomic E-state index is 0.149. The number of aryl methyl sites for hydroxylation is 1. The van der Waals surface area contributed by atoms with Crippen LogP contribution in [0.4, 0.5) is 0 Å². The summed E-state index contributed by atoms with van der Waals surface area (Å²) < 4.78 is 20.5. The fraction of sp³-hybridized carbons (Fsp3) is 0.190. The van der Waals surface area contributed by atoms with Gasteiger partial charge in [-0.25, -0.2) is 14.4 Å². The summed E-state index contributed by atoms with van der Waals surface area (Å²) in [4.78, 5) is 35.7. The zero-order valence-corrected chi connectivity index (χ0v) is 15.4. The molecule has 2 aromatic carbocycles. The van der Waals surface area contributed by atoms with Gasteiger partial charge >= 0.3 is 17.6 Å². The fourth-order valence-corrected chi connectivity index (χ4v) is 2.44. The van der Waals surface area contributed by atoms with Crippen molar-refractivity contribution in [1.29, 1.82) is 0 Å². The monoisotopic (exact) mass is 382 g/mol. The lowest BCUT2D eigenvalue weighted by atomic mass is 10.2. The maximum Gasteiger partial charge on any atom is 0.351 e. The van der Waals surface area contributed by atoms with Gasteiger partial charge in [0.05, 0.1) is 6.61 Å². The number of fused-ring (bicyclic) bond motifs is 1. The van der Waals surface area contributed by atoms with Gasteiger partial charge in [-0.05, 0) is 44.2 Å². The second-order valence-corrected chi connectivity index (χ2v) is 5.94. The molecule has 0 atom stereocenters. The maximum absolute atomic E-state index is 12.0. The van der Waals surface area contributed by atoms with E-state index in [2.05, 4.69) is 0 Å². The Morgan fingerprint density at radius 1 is 1.00 bits per heavy atom. The van der Waals surface area contributed by atoms with Crippen LogP contribution >= 0.6 is 0 Å². The highest BCUT2D eigenvalue weighted by atomic mass is 16.6. The molecule has 0 spiro atoms. The van der Waals surface area contributed by atoms with Gasteiger partial charge in [-0.1, -0.05) is 17.7 Å². The van der Waals surface area contributed by atoms with Crippen molar-refractivity contribution in [1.82, 2.24) is 0 Å². The number of rotatable bonds is 6. The van der Waals surface area contributed by atoms with Crippen molar-refractivity contribution < 1.29 is 28.2 Å². The van der Waals surface area contributed by atoms with Gasteiger partial charge in [0.2, 0.25) is 0 Å². The van der Waals surface area contributed by atoms with Gasteiger partial charge in [0.25, 0.3) is 0 Å². The smallest absolute Gasteiger partial charge is 0.351 e. The first-order valence-corrected chi connectivity index (χ1v) is 8.61. The van der Waals surface area contributed by atoms with Crippen molar-refractivity contribution in [2.45, 2.75) is 13.8 Å². The second-order valence-electron chi connectivity index (χ2n) is 5.94. The van der Waals surface area contributed by atoms with E-state index >= 15 is 0 Å². The van der Waals surface area contributed by atoms with Crippen LogP contribution in [0.2, 0.25) is 0 Å². The SMILES string of the molecule is CCOC(=O)c1cc2ccc(OC(=O)COc3ccc(C)cc3)cc2oc1=O. The van der Waals surface area contributed by atoms with Gasteiger partial charge in [0.15, 0.2) is 6.61 Å². The molecule has 144 valence electrons. The van der Waals surface area contributed by atoms with E-state index in [1.54, 1.807) is 25.1 Å². The molecule has 7 heteroatoms. The van der Waals surface area contributed by atoms with Crippen LogP contribution in [-0.2, 0) is 9.53 Å². The zero-order valence-electron chi connectivity index (χ0n) is 15.4. The van der Waals surface area contributed by atoms with E-state index < -0.39 is 17.6 Å². The molecule has 0 aliphatic heterocycles. The molecule has 0 bridgehead atoms. The minimum Gasteiger partial charge on any atom is -0.482 e. The molecular formula is C21H18O7. The Hall–Kier alpha value is -3.61. The molecule has 3 aromatic rings. The van der Waals surface area contributed by atoms with E-state index in [1.807, 2.05) is 19.1 Å². The highest BCUT2D eigenvalue weighted by molar-refractivity contribution is 5.93. The number of hydrogen-bond acceptors (Lipinski definition) is 7. The molecular weight excluding hydrogens is 364 g/mol. The van der Waals surface area contributed by atoms with Crippen molar-refractivity contribution in [2.24, 2.45) is 0 Å². The first-order valence-electron chi connectivity index (χ1n) is 8.61. The number of carbonyl (C=O) groups is 2. The molecule has 28 heavy (non-hydrogen) atoms. The average Bonchev–Trinajstić information content (AvgIpc) is 2.67. The van der Waals surface area contributed by atoms with Gasteiger partial charge in [-0.15, -0.1) is 0 Å². The third-order valence-electron chi connectivity index (χ3n) is 3.81. The van der Waals surface area contributed by atoms with Crippen LogP contribution in [0.5, 0.6) is 11.5 Å². The van der Waals surface area contributed by atoms with Crippen LogP contribution in [0.1, 0.15) is 22.8 Å². The normalized spacial score (nSPS) is 10.5. The predicted octanol–water partition coefficient (Wildman–Crippen LogP) is 3.26. The first-order chi connectivity index (χ1) is 13.5. The molecule has 0 aliphatic carbocycles. The average molecular weight is 382 g/mol. The number of esters is 2. The van der Waals surface area contributed by atoms with Crippen molar-refractivity contribution in [3.8, 4) is 11.5 Å². The van der Waals surface area contributed by atoms with E-state index in [9.17, 15) is 14.4 Å². The molecule has 0 amide bonds. The number of benzene rings is 2. The Kier molecular flexibility index (Phi) is 5.74. The molecule has 1 heterocycles. The van der Waals surface area contributed by atoms with Crippen molar-refractivity contribution in [2.75, 3.05) is 13.2 Å². The van der Waals surface area contributed by atoms with Gasteiger partial charge in [-0.2, -0.15) is 0 Å². The van der Waals surface area contributed by atoms with Crippen LogP contribution in [0.15, 0.2) is 57.7 Å². The molecule has 0 fully saturated rings. The van der Waals surface area contributed by atoms with E-state index in [1.165, 1.54) is 18.2 Å². The van der Waals surface area contributed by atoms with E-state index in [0.717, 1.165) is 5.56 Å². The Labute approximate surface area is 160 Å². The molecule has 0 aliphatic rings. The summed E-state index contributed by atoms with van der Waals surface area (Å²) in [5.74, 6) is -0.608. The van der Waals surface area contributed by atoms with Crippen LogP contribution in [0, 0.1) is 6.92 Å². The van der Waals surface area contributed by atoms with Crippen LogP contribution in [0.25, 0.3) is 11.0 Å². The predicted molar refractivity (Wildman–Crippen MR) is 101 cm³/mol. The van der Waals surface area contributed by atoms with E-state index in [0.29, 0.717) is 11.1 Å². The second kappa shape index (κ2) is 8.39. The molecule has 7 nitrogen and oxygen atoms in total. The third kappa shape index (κ3) is 4.56. The topological polar surface area (TPSA) is 92.0 Å². The molecule has 0 saturated heterocycles. The van der Waals surface area contributed by atoms with Crippen LogP contribution in [-0.4, -0.2) is 25.2 Å². The zero-order chi connectivity index (χ0) is 20.1. The quantitative estimate of drug-likeness (QED) is 0.367. The van der Waals surface area contributed by atoms with Gasteiger partial charge in [0, 0.05) is 11.5 Å². The number of ether oxygens (including phenoxy) is 3. The Morgan fingerprint density at radius 3 is 2.43 bits per heavy atom. The highest BCUT2D eigenvalue weighted by Crippen LogP contribution is 2.21. The Morgan fingerprint density at radius 2 is 1.71 bits per heavy atom. The van der Waals surface area contributed by atoms with Gasteiger partial charge < -0.3 is 18.6 Å². The summed E-state index contributed by atoms with van der Waals surface area (Å²) in [6.07, 6.45) is 0. The summed E-state index contributed by atoms with van der Waals surface area (Å²) in [5.41, 5.74) is 0.254.